The summed E-state index contributed by atoms with van der Waals surface area (Å²) in [5.74, 6) is -0.123. The monoisotopic (exact) mass is 603 g/mol. The number of nitriles is 1. The molecule has 3 fully saturated rings. The molecule has 3 aliphatic heterocycles. The number of rotatable bonds is 8. The van der Waals surface area contributed by atoms with Gasteiger partial charge in [0.05, 0.1) is 23.4 Å². The number of nitrogens with one attached hydrogen (secondary N) is 1. The van der Waals surface area contributed by atoms with Crippen LogP contribution in [-0.4, -0.2) is 76.9 Å². The number of pyridine rings is 1. The maximum Gasteiger partial charge on any atom is 0.319 e. The van der Waals surface area contributed by atoms with Gasteiger partial charge in [-0.25, -0.2) is 8.78 Å². The van der Waals surface area contributed by atoms with E-state index in [1.807, 2.05) is 29.2 Å². The van der Waals surface area contributed by atoms with Crippen molar-refractivity contribution in [1.82, 2.24) is 25.2 Å². The van der Waals surface area contributed by atoms with Gasteiger partial charge in [0.1, 0.15) is 29.8 Å². The molecule has 0 spiro atoms. The molecule has 3 atom stereocenters. The fraction of sp³-hybridized carbons (Fsp3) is 0.438. The number of ether oxygens (including phenoxy) is 1. The highest BCUT2D eigenvalue weighted by atomic mass is 35.5. The normalized spacial score (nSPS) is 23.6. The SMILES string of the molecule is N#CCCN(c1nc(OC[C@@]23CCCN2C[C@H](F)C3)nc2c(F)c(-c3cccc4cccc(Cl)c34)ncc12)[C@@H]1CCNC1. The number of hydrogen-bond acceptors (Lipinski definition) is 8. The van der Waals surface area contributed by atoms with E-state index in [9.17, 15) is 9.65 Å². The Balaban J connectivity index is 1.37. The van der Waals surface area contributed by atoms with Crippen molar-refractivity contribution >= 4 is 39.1 Å². The van der Waals surface area contributed by atoms with Crippen molar-refractivity contribution < 1.29 is 13.5 Å². The average molecular weight is 604 g/mol. The van der Waals surface area contributed by atoms with Gasteiger partial charge in [-0.05, 0) is 43.8 Å². The molecule has 11 heteroatoms. The Morgan fingerprint density at radius 2 is 2.09 bits per heavy atom. The third kappa shape index (κ3) is 5.03. The molecule has 0 aliphatic carbocycles. The number of aromatic nitrogens is 3. The van der Waals surface area contributed by atoms with Gasteiger partial charge in [-0.15, -0.1) is 0 Å². The molecule has 5 heterocycles. The van der Waals surface area contributed by atoms with Gasteiger partial charge < -0.3 is 15.0 Å². The van der Waals surface area contributed by atoms with Crippen LogP contribution in [0.5, 0.6) is 6.01 Å². The first-order valence-corrected chi connectivity index (χ1v) is 15.3. The molecule has 222 valence electrons. The summed E-state index contributed by atoms with van der Waals surface area (Å²) in [6.45, 7) is 3.42. The van der Waals surface area contributed by atoms with Crippen molar-refractivity contribution in [3.8, 4) is 23.3 Å². The molecule has 7 rings (SSSR count). The van der Waals surface area contributed by atoms with Crippen LogP contribution >= 0.6 is 11.6 Å². The number of nitrogens with zero attached hydrogens (tertiary/aromatic N) is 6. The smallest absolute Gasteiger partial charge is 0.319 e. The molecular weight excluding hydrogens is 572 g/mol. The first-order chi connectivity index (χ1) is 21.0. The summed E-state index contributed by atoms with van der Waals surface area (Å²) in [5.41, 5.74) is 0.365. The number of hydrogen-bond donors (Lipinski definition) is 1. The fourth-order valence-corrected chi connectivity index (χ4v) is 7.45. The lowest BCUT2D eigenvalue weighted by Gasteiger charge is -2.32. The van der Waals surface area contributed by atoms with Crippen LogP contribution in [0.2, 0.25) is 5.02 Å². The first kappa shape index (κ1) is 28.1. The van der Waals surface area contributed by atoms with Crippen LogP contribution in [-0.2, 0) is 0 Å². The summed E-state index contributed by atoms with van der Waals surface area (Å²) >= 11 is 6.59. The second-order valence-electron chi connectivity index (χ2n) is 11.8. The molecule has 2 aromatic heterocycles. The van der Waals surface area contributed by atoms with E-state index in [0.29, 0.717) is 53.2 Å². The second kappa shape index (κ2) is 11.5. The van der Waals surface area contributed by atoms with Gasteiger partial charge in [-0.3, -0.25) is 9.88 Å². The largest absolute Gasteiger partial charge is 0.461 e. The lowest BCUT2D eigenvalue weighted by molar-refractivity contribution is 0.107. The Morgan fingerprint density at radius 1 is 1.23 bits per heavy atom. The minimum Gasteiger partial charge on any atom is -0.461 e. The minimum atomic E-state index is -0.896. The van der Waals surface area contributed by atoms with Crippen LogP contribution in [0.25, 0.3) is 32.9 Å². The second-order valence-corrected chi connectivity index (χ2v) is 12.2. The fourth-order valence-electron chi connectivity index (χ4n) is 7.17. The van der Waals surface area contributed by atoms with Crippen LogP contribution in [0.3, 0.4) is 0 Å². The third-order valence-corrected chi connectivity index (χ3v) is 9.51. The van der Waals surface area contributed by atoms with Crippen LogP contribution in [0.1, 0.15) is 32.1 Å². The van der Waals surface area contributed by atoms with E-state index >= 15 is 4.39 Å². The summed E-state index contributed by atoms with van der Waals surface area (Å²) in [7, 11) is 0. The van der Waals surface area contributed by atoms with Crippen LogP contribution in [0, 0.1) is 17.1 Å². The Bertz CT molecular complexity index is 1720. The lowest BCUT2D eigenvalue weighted by Crippen LogP contribution is -2.43. The van der Waals surface area contributed by atoms with E-state index in [1.165, 1.54) is 0 Å². The first-order valence-electron chi connectivity index (χ1n) is 14.9. The van der Waals surface area contributed by atoms with Gasteiger partial charge in [-0.1, -0.05) is 41.9 Å². The zero-order valence-corrected chi connectivity index (χ0v) is 24.5. The zero-order valence-electron chi connectivity index (χ0n) is 23.7. The maximum atomic E-state index is 16.7. The number of fused-ring (bicyclic) bond motifs is 3. The van der Waals surface area contributed by atoms with Crippen molar-refractivity contribution in [2.45, 2.75) is 49.9 Å². The highest BCUT2D eigenvalue weighted by Crippen LogP contribution is 2.41. The molecule has 0 unspecified atom stereocenters. The Kier molecular flexibility index (Phi) is 7.49. The minimum absolute atomic E-state index is 0.0333. The predicted molar refractivity (Wildman–Crippen MR) is 163 cm³/mol. The van der Waals surface area contributed by atoms with Gasteiger partial charge in [-0.2, -0.15) is 15.2 Å². The van der Waals surface area contributed by atoms with Crippen LogP contribution in [0.4, 0.5) is 14.6 Å². The molecule has 1 N–H and O–H groups in total. The number of benzene rings is 2. The molecule has 0 saturated carbocycles. The van der Waals surface area contributed by atoms with Crippen LogP contribution < -0.4 is 15.0 Å². The maximum absolute atomic E-state index is 16.7. The summed E-state index contributed by atoms with van der Waals surface area (Å²) < 4.78 is 37.4. The molecule has 3 aliphatic rings. The molecule has 4 aromatic rings. The van der Waals surface area contributed by atoms with E-state index in [4.69, 9.17) is 21.3 Å². The van der Waals surface area contributed by atoms with Crippen LogP contribution in [0.15, 0.2) is 42.6 Å². The Morgan fingerprint density at radius 3 is 2.91 bits per heavy atom. The van der Waals surface area contributed by atoms with Crippen molar-refractivity contribution in [1.29, 1.82) is 5.26 Å². The Labute approximate surface area is 253 Å². The summed E-state index contributed by atoms with van der Waals surface area (Å²) in [5, 5.41) is 15.3. The van der Waals surface area contributed by atoms with E-state index in [-0.39, 0.29) is 36.3 Å². The van der Waals surface area contributed by atoms with Crippen molar-refractivity contribution in [3.63, 3.8) is 0 Å². The number of halogens is 3. The molecule has 8 nitrogen and oxygen atoms in total. The van der Waals surface area contributed by atoms with Gasteiger partial charge >= 0.3 is 6.01 Å². The molecule has 0 bridgehead atoms. The number of alkyl halides is 1. The quantitative estimate of drug-likeness (QED) is 0.275. The average Bonchev–Trinajstić information content (AvgIpc) is 3.74. The molecule has 3 saturated heterocycles. The highest BCUT2D eigenvalue weighted by molar-refractivity contribution is 6.36. The summed E-state index contributed by atoms with van der Waals surface area (Å²) in [4.78, 5) is 18.2. The standard InChI is InChI=1S/C32H32ClF2N7O/c33-25-8-2-6-20-5-1-7-23(26(20)25)28-27(35)29-24(17-38-28)30(42(14-4-11-36)22-9-12-37-16-22)40-31(39-29)43-19-32-10-3-13-41(32)18-21(34)15-32/h1-2,5-8,17,21-22,37H,3-4,9-10,12-16,18-19H2/t21-,22-,32+/m1/s1. The van der Waals surface area contributed by atoms with E-state index in [2.05, 4.69) is 26.3 Å². The molecule has 2 aromatic carbocycles. The van der Waals surface area contributed by atoms with Crippen molar-refractivity contribution in [2.75, 3.05) is 44.2 Å². The van der Waals surface area contributed by atoms with Gasteiger partial charge in [0.25, 0.3) is 0 Å². The summed E-state index contributed by atoms with van der Waals surface area (Å²) in [6.07, 6.45) is 4.05. The van der Waals surface area contributed by atoms with Gasteiger partial charge in [0.15, 0.2) is 5.82 Å². The topological polar surface area (TPSA) is 90.2 Å². The summed E-state index contributed by atoms with van der Waals surface area (Å²) in [6, 6.07) is 13.5. The predicted octanol–water partition coefficient (Wildman–Crippen LogP) is 5.67. The third-order valence-electron chi connectivity index (χ3n) is 9.20. The van der Waals surface area contributed by atoms with E-state index in [0.717, 1.165) is 37.7 Å². The number of anilines is 1. The Hall–Kier alpha value is -3.65. The molecule has 43 heavy (non-hydrogen) atoms. The van der Waals surface area contributed by atoms with Gasteiger partial charge in [0, 0.05) is 54.3 Å². The lowest BCUT2D eigenvalue weighted by atomic mass is 9.95. The highest BCUT2D eigenvalue weighted by Gasteiger charge is 2.49. The molecule has 0 amide bonds. The van der Waals surface area contributed by atoms with Crippen molar-refractivity contribution in [2.24, 2.45) is 0 Å². The molecule has 0 radical (unpaired) electrons. The van der Waals surface area contributed by atoms with Crippen molar-refractivity contribution in [3.05, 3.63) is 53.4 Å². The van der Waals surface area contributed by atoms with E-state index in [1.54, 1.807) is 18.3 Å². The van der Waals surface area contributed by atoms with E-state index < -0.39 is 17.5 Å². The zero-order chi connectivity index (χ0) is 29.6. The van der Waals surface area contributed by atoms with Gasteiger partial charge in [0.2, 0.25) is 0 Å². The molecular formula is C32H32ClF2N7O.